The van der Waals surface area contributed by atoms with Crippen molar-refractivity contribution < 1.29 is 0 Å². The molecule has 0 amide bonds. The van der Waals surface area contributed by atoms with Gasteiger partial charge in [-0.2, -0.15) is 0 Å². The molecule has 0 fully saturated rings. The molecular weight excluding hydrogens is 315 g/mol. The van der Waals surface area contributed by atoms with Gasteiger partial charge in [-0.25, -0.2) is 4.68 Å². The van der Waals surface area contributed by atoms with E-state index in [0.29, 0.717) is 0 Å². The first-order valence-electron chi connectivity index (χ1n) is 4.94. The Morgan fingerprint density at radius 1 is 1.38 bits per heavy atom. The summed E-state index contributed by atoms with van der Waals surface area (Å²) in [6.45, 7) is 3.83. The third-order valence-corrected chi connectivity index (χ3v) is 2.90. The van der Waals surface area contributed by atoms with Crippen molar-refractivity contribution in [2.75, 3.05) is 0 Å². The SMILES string of the molecule is CC(C)(N)c1cn(-c2cccc(I)c2)nn1. The maximum Gasteiger partial charge on any atom is 0.102 e. The third-order valence-electron chi connectivity index (χ3n) is 2.23. The Morgan fingerprint density at radius 3 is 2.69 bits per heavy atom. The molecule has 0 spiro atoms. The van der Waals surface area contributed by atoms with Crippen molar-refractivity contribution in [3.05, 3.63) is 39.7 Å². The molecule has 0 unspecified atom stereocenters. The van der Waals surface area contributed by atoms with Crippen LogP contribution >= 0.6 is 22.6 Å². The third kappa shape index (κ3) is 2.41. The Balaban J connectivity index is 2.39. The van der Waals surface area contributed by atoms with Crippen molar-refractivity contribution in [2.45, 2.75) is 19.4 Å². The number of hydrogen-bond acceptors (Lipinski definition) is 3. The first-order valence-corrected chi connectivity index (χ1v) is 6.02. The summed E-state index contributed by atoms with van der Waals surface area (Å²) < 4.78 is 2.91. The monoisotopic (exact) mass is 328 g/mol. The Bertz CT molecular complexity index is 499. The fraction of sp³-hybridized carbons (Fsp3) is 0.273. The van der Waals surface area contributed by atoms with E-state index in [-0.39, 0.29) is 0 Å². The van der Waals surface area contributed by atoms with Crippen LogP contribution < -0.4 is 5.73 Å². The van der Waals surface area contributed by atoms with E-state index in [4.69, 9.17) is 5.73 Å². The predicted octanol–water partition coefficient (Wildman–Crippen LogP) is 2.07. The van der Waals surface area contributed by atoms with Crippen LogP contribution in [0.1, 0.15) is 19.5 Å². The highest BCUT2D eigenvalue weighted by atomic mass is 127. The molecule has 0 atom stereocenters. The van der Waals surface area contributed by atoms with Crippen LogP contribution in [0.2, 0.25) is 0 Å². The van der Waals surface area contributed by atoms with Gasteiger partial charge < -0.3 is 5.73 Å². The number of benzene rings is 1. The molecular formula is C11H13IN4. The topological polar surface area (TPSA) is 56.7 Å². The number of halogens is 1. The van der Waals surface area contributed by atoms with Gasteiger partial charge in [0.2, 0.25) is 0 Å². The van der Waals surface area contributed by atoms with E-state index in [1.54, 1.807) is 4.68 Å². The van der Waals surface area contributed by atoms with E-state index in [1.807, 2.05) is 44.3 Å². The summed E-state index contributed by atoms with van der Waals surface area (Å²) in [5, 5.41) is 8.16. The summed E-state index contributed by atoms with van der Waals surface area (Å²) in [4.78, 5) is 0. The number of hydrogen-bond donors (Lipinski definition) is 1. The highest BCUT2D eigenvalue weighted by Crippen LogP contribution is 2.16. The molecule has 5 heteroatoms. The molecule has 16 heavy (non-hydrogen) atoms. The van der Waals surface area contributed by atoms with E-state index in [0.717, 1.165) is 11.4 Å². The molecule has 4 nitrogen and oxygen atoms in total. The van der Waals surface area contributed by atoms with Crippen molar-refractivity contribution in [2.24, 2.45) is 5.73 Å². The fourth-order valence-electron chi connectivity index (χ4n) is 1.30. The first kappa shape index (κ1) is 11.5. The van der Waals surface area contributed by atoms with E-state index < -0.39 is 5.54 Å². The van der Waals surface area contributed by atoms with Crippen LogP contribution in [0.25, 0.3) is 5.69 Å². The fourth-order valence-corrected chi connectivity index (χ4v) is 1.83. The minimum Gasteiger partial charge on any atom is -0.320 e. The Morgan fingerprint density at radius 2 is 2.12 bits per heavy atom. The van der Waals surface area contributed by atoms with Gasteiger partial charge in [0.05, 0.1) is 17.4 Å². The second kappa shape index (κ2) is 4.14. The van der Waals surface area contributed by atoms with Crippen LogP contribution in [0.5, 0.6) is 0 Å². The van der Waals surface area contributed by atoms with E-state index in [1.165, 1.54) is 3.57 Å². The van der Waals surface area contributed by atoms with Gasteiger partial charge in [-0.1, -0.05) is 11.3 Å². The average Bonchev–Trinajstić information content (AvgIpc) is 2.65. The van der Waals surface area contributed by atoms with Crippen molar-refractivity contribution >= 4 is 22.6 Å². The zero-order valence-corrected chi connectivity index (χ0v) is 11.3. The summed E-state index contributed by atoms with van der Waals surface area (Å²) in [7, 11) is 0. The van der Waals surface area contributed by atoms with Crippen molar-refractivity contribution in [1.29, 1.82) is 0 Å². The molecule has 1 aromatic carbocycles. The lowest BCUT2D eigenvalue weighted by Gasteiger charge is -2.13. The molecule has 0 aliphatic rings. The number of rotatable bonds is 2. The van der Waals surface area contributed by atoms with Gasteiger partial charge in [0, 0.05) is 3.57 Å². The van der Waals surface area contributed by atoms with Crippen molar-refractivity contribution in [3.8, 4) is 5.69 Å². The van der Waals surface area contributed by atoms with Crippen LogP contribution in [0.3, 0.4) is 0 Å². The number of nitrogens with zero attached hydrogens (tertiary/aromatic N) is 3. The van der Waals surface area contributed by atoms with E-state index >= 15 is 0 Å². The molecule has 2 aromatic rings. The largest absolute Gasteiger partial charge is 0.320 e. The predicted molar refractivity (Wildman–Crippen MR) is 71.3 cm³/mol. The average molecular weight is 328 g/mol. The standard InChI is InChI=1S/C11H13IN4/c1-11(2,13)10-7-16(15-14-10)9-5-3-4-8(12)6-9/h3-7H,13H2,1-2H3. The van der Waals surface area contributed by atoms with Crippen LogP contribution in [0.4, 0.5) is 0 Å². The molecule has 0 saturated heterocycles. The van der Waals surface area contributed by atoms with Gasteiger partial charge in [-0.3, -0.25) is 0 Å². The van der Waals surface area contributed by atoms with E-state index in [9.17, 15) is 0 Å². The van der Waals surface area contributed by atoms with Crippen molar-refractivity contribution in [1.82, 2.24) is 15.0 Å². The van der Waals surface area contributed by atoms with Gasteiger partial charge >= 0.3 is 0 Å². The lowest BCUT2D eigenvalue weighted by molar-refractivity contribution is 0.533. The van der Waals surface area contributed by atoms with E-state index in [2.05, 4.69) is 32.9 Å². The number of nitrogens with two attached hydrogens (primary N) is 1. The van der Waals surface area contributed by atoms with Crippen LogP contribution in [0, 0.1) is 3.57 Å². The molecule has 1 aromatic heterocycles. The lowest BCUT2D eigenvalue weighted by atomic mass is 10.0. The molecule has 2 N–H and O–H groups in total. The van der Waals surface area contributed by atoms with Gasteiger partial charge in [0.25, 0.3) is 0 Å². The second-order valence-corrected chi connectivity index (χ2v) is 5.50. The van der Waals surface area contributed by atoms with Gasteiger partial charge in [-0.15, -0.1) is 5.10 Å². The zero-order chi connectivity index (χ0) is 11.8. The molecule has 0 radical (unpaired) electrons. The summed E-state index contributed by atoms with van der Waals surface area (Å²) in [5.74, 6) is 0. The second-order valence-electron chi connectivity index (χ2n) is 4.25. The molecule has 1 heterocycles. The van der Waals surface area contributed by atoms with Crippen LogP contribution in [0.15, 0.2) is 30.5 Å². The minimum atomic E-state index is -0.458. The Hall–Kier alpha value is -0.950. The van der Waals surface area contributed by atoms with Gasteiger partial charge in [0.15, 0.2) is 0 Å². The number of aromatic nitrogens is 3. The normalized spacial score (nSPS) is 11.8. The Labute approximate surface area is 108 Å². The van der Waals surface area contributed by atoms with Crippen LogP contribution in [-0.2, 0) is 5.54 Å². The molecule has 2 rings (SSSR count). The summed E-state index contributed by atoms with van der Waals surface area (Å²) in [6.07, 6.45) is 1.87. The molecule has 0 saturated carbocycles. The highest BCUT2D eigenvalue weighted by molar-refractivity contribution is 14.1. The Kier molecular flexibility index (Phi) is 2.98. The maximum atomic E-state index is 5.96. The highest BCUT2D eigenvalue weighted by Gasteiger charge is 2.18. The van der Waals surface area contributed by atoms with Crippen LogP contribution in [-0.4, -0.2) is 15.0 Å². The summed E-state index contributed by atoms with van der Waals surface area (Å²) in [5.41, 5.74) is 7.28. The molecule has 84 valence electrons. The van der Waals surface area contributed by atoms with Gasteiger partial charge in [-0.05, 0) is 54.6 Å². The quantitative estimate of drug-likeness (QED) is 0.859. The zero-order valence-electron chi connectivity index (χ0n) is 9.18. The first-order chi connectivity index (χ1) is 7.47. The maximum absolute atomic E-state index is 5.96. The summed E-state index contributed by atoms with van der Waals surface area (Å²) >= 11 is 2.27. The van der Waals surface area contributed by atoms with Crippen molar-refractivity contribution in [3.63, 3.8) is 0 Å². The smallest absolute Gasteiger partial charge is 0.102 e. The van der Waals surface area contributed by atoms with Gasteiger partial charge in [0.1, 0.15) is 5.69 Å². The summed E-state index contributed by atoms with van der Waals surface area (Å²) in [6, 6.07) is 8.06. The molecule has 0 bridgehead atoms. The lowest BCUT2D eigenvalue weighted by Crippen LogP contribution is -2.29. The molecule has 0 aliphatic heterocycles. The minimum absolute atomic E-state index is 0.458. The molecule has 0 aliphatic carbocycles.